The summed E-state index contributed by atoms with van der Waals surface area (Å²) in [7, 11) is 0. The van der Waals surface area contributed by atoms with Crippen molar-refractivity contribution in [1.29, 1.82) is 0 Å². The first-order valence-electron chi connectivity index (χ1n) is 7.69. The number of rotatable bonds is 4. The highest BCUT2D eigenvalue weighted by atomic mass is 35.5. The fourth-order valence-corrected chi connectivity index (χ4v) is 3.13. The maximum atomic E-state index is 12.5. The Morgan fingerprint density at radius 2 is 1.96 bits per heavy atom. The topological polar surface area (TPSA) is 76.1 Å². The van der Waals surface area contributed by atoms with Gasteiger partial charge in [-0.3, -0.25) is 9.69 Å². The highest BCUT2D eigenvalue weighted by Crippen LogP contribution is 2.40. The number of terminal acetylenes is 1. The molecule has 0 aromatic heterocycles. The fraction of sp³-hybridized carbons (Fsp3) is 0.412. The molecule has 1 N–H and O–H groups in total. The van der Waals surface area contributed by atoms with Crippen LogP contribution in [0.5, 0.6) is 5.75 Å². The van der Waals surface area contributed by atoms with Gasteiger partial charge in [-0.2, -0.15) is 0 Å². The zero-order valence-corrected chi connectivity index (χ0v) is 14.9. The number of nitrogens with zero attached hydrogens (tertiary/aromatic N) is 1. The second-order valence-electron chi connectivity index (χ2n) is 5.85. The quantitative estimate of drug-likeness (QED) is 0.779. The summed E-state index contributed by atoms with van der Waals surface area (Å²) in [6.45, 7) is 1.53. The summed E-state index contributed by atoms with van der Waals surface area (Å²) in [6, 6.07) is 2.00. The zero-order chi connectivity index (χ0) is 20.4. The Morgan fingerprint density at radius 1 is 1.37 bits per heavy atom. The van der Waals surface area contributed by atoms with Gasteiger partial charge in [-0.15, -0.1) is 19.6 Å². The standard InChI is InChI=1S/C17H15ClF3NO5/c1-3-14(23)22(16(15(24)25)4-6-26-7-5-16)12-9-11(18)13(8-10(12)2)27-17(19,20)21/h1,8-9H,4-7H2,2H3,(H,24,25). The van der Waals surface area contributed by atoms with E-state index in [1.807, 2.05) is 5.92 Å². The van der Waals surface area contributed by atoms with Crippen LogP contribution in [-0.2, 0) is 14.3 Å². The molecule has 0 aliphatic carbocycles. The summed E-state index contributed by atoms with van der Waals surface area (Å²) in [5, 5.41) is 9.36. The number of carbonyl (C=O) groups is 2. The second-order valence-corrected chi connectivity index (χ2v) is 6.26. The minimum absolute atomic E-state index is 0.0122. The van der Waals surface area contributed by atoms with E-state index in [4.69, 9.17) is 22.8 Å². The Hall–Kier alpha value is -2.44. The van der Waals surface area contributed by atoms with Crippen molar-refractivity contribution >= 4 is 29.2 Å². The summed E-state index contributed by atoms with van der Waals surface area (Å²) in [5.41, 5.74) is -1.58. The molecule has 0 radical (unpaired) electrons. The molecule has 1 aliphatic rings. The van der Waals surface area contributed by atoms with Gasteiger partial charge in [-0.1, -0.05) is 11.6 Å². The van der Waals surface area contributed by atoms with Gasteiger partial charge in [0.05, 0.1) is 10.7 Å². The molecule has 2 rings (SSSR count). The monoisotopic (exact) mass is 405 g/mol. The summed E-state index contributed by atoms with van der Waals surface area (Å²) in [6.07, 6.45) is 0.146. The van der Waals surface area contributed by atoms with Gasteiger partial charge >= 0.3 is 18.2 Å². The van der Waals surface area contributed by atoms with Crippen LogP contribution in [0.4, 0.5) is 18.9 Å². The summed E-state index contributed by atoms with van der Waals surface area (Å²) in [4.78, 5) is 25.4. The van der Waals surface area contributed by atoms with Crippen molar-refractivity contribution in [3.63, 3.8) is 0 Å². The summed E-state index contributed by atoms with van der Waals surface area (Å²) >= 11 is 5.88. The Labute approximate surface area is 157 Å². The zero-order valence-electron chi connectivity index (χ0n) is 14.1. The van der Waals surface area contributed by atoms with E-state index in [0.29, 0.717) is 0 Å². The Balaban J connectivity index is 2.61. The number of halogens is 4. The third kappa shape index (κ3) is 4.28. The number of benzene rings is 1. The van der Waals surface area contributed by atoms with E-state index in [-0.39, 0.29) is 37.3 Å². The molecule has 10 heteroatoms. The van der Waals surface area contributed by atoms with E-state index in [9.17, 15) is 27.9 Å². The van der Waals surface area contributed by atoms with Crippen LogP contribution in [0.2, 0.25) is 5.02 Å². The molecule has 1 amide bonds. The lowest BCUT2D eigenvalue weighted by molar-refractivity contribution is -0.274. The lowest BCUT2D eigenvalue weighted by atomic mass is 9.86. The predicted octanol–water partition coefficient (Wildman–Crippen LogP) is 3.15. The first-order valence-corrected chi connectivity index (χ1v) is 8.07. The number of anilines is 1. The molecule has 0 saturated carbocycles. The average molecular weight is 406 g/mol. The van der Waals surface area contributed by atoms with Crippen molar-refractivity contribution in [3.05, 3.63) is 22.7 Å². The van der Waals surface area contributed by atoms with Gasteiger partial charge in [0.2, 0.25) is 0 Å². The van der Waals surface area contributed by atoms with Gasteiger partial charge in [0.1, 0.15) is 5.75 Å². The van der Waals surface area contributed by atoms with E-state index in [1.54, 1.807) is 0 Å². The van der Waals surface area contributed by atoms with Gasteiger partial charge in [0.25, 0.3) is 0 Å². The Morgan fingerprint density at radius 3 is 2.44 bits per heavy atom. The van der Waals surface area contributed by atoms with Gasteiger partial charge < -0.3 is 14.6 Å². The van der Waals surface area contributed by atoms with Crippen LogP contribution >= 0.6 is 11.6 Å². The van der Waals surface area contributed by atoms with Crippen molar-refractivity contribution < 1.29 is 37.3 Å². The van der Waals surface area contributed by atoms with Crippen molar-refractivity contribution in [2.24, 2.45) is 0 Å². The second kappa shape index (κ2) is 7.66. The minimum atomic E-state index is -4.96. The molecule has 0 spiro atoms. The SMILES string of the molecule is C#CC(=O)N(c1cc(Cl)c(OC(F)(F)F)cc1C)C1(C(=O)O)CCOCC1. The van der Waals surface area contributed by atoms with Crippen LogP contribution in [0.15, 0.2) is 12.1 Å². The Bertz CT molecular complexity index is 797. The van der Waals surface area contributed by atoms with E-state index < -0.39 is 34.5 Å². The van der Waals surface area contributed by atoms with E-state index in [2.05, 4.69) is 4.74 Å². The van der Waals surface area contributed by atoms with Crippen LogP contribution in [0.3, 0.4) is 0 Å². The smallest absolute Gasteiger partial charge is 0.479 e. The van der Waals surface area contributed by atoms with E-state index in [0.717, 1.165) is 17.0 Å². The number of amides is 1. The molecule has 1 saturated heterocycles. The van der Waals surface area contributed by atoms with Crippen LogP contribution in [-0.4, -0.2) is 42.1 Å². The van der Waals surface area contributed by atoms with Gasteiger partial charge in [-0.05, 0) is 30.5 Å². The molecule has 0 unspecified atom stereocenters. The number of aliphatic carboxylic acids is 1. The molecule has 1 aliphatic heterocycles. The molecular formula is C17H15ClF3NO5. The van der Waals surface area contributed by atoms with Crippen molar-refractivity contribution in [1.82, 2.24) is 0 Å². The maximum absolute atomic E-state index is 12.5. The van der Waals surface area contributed by atoms with Crippen molar-refractivity contribution in [3.8, 4) is 18.1 Å². The van der Waals surface area contributed by atoms with Crippen LogP contribution in [0.1, 0.15) is 18.4 Å². The maximum Gasteiger partial charge on any atom is 0.573 e. The molecule has 1 aromatic rings. The molecular weight excluding hydrogens is 391 g/mol. The number of carboxylic acid groups (broad SMARTS) is 1. The van der Waals surface area contributed by atoms with Gasteiger partial charge in [0.15, 0.2) is 5.54 Å². The highest BCUT2D eigenvalue weighted by Gasteiger charge is 2.49. The molecule has 1 heterocycles. The number of hydrogen-bond donors (Lipinski definition) is 1. The predicted molar refractivity (Wildman–Crippen MR) is 89.6 cm³/mol. The third-order valence-electron chi connectivity index (χ3n) is 4.19. The molecule has 146 valence electrons. The highest BCUT2D eigenvalue weighted by molar-refractivity contribution is 6.32. The lowest BCUT2D eigenvalue weighted by Gasteiger charge is -2.42. The van der Waals surface area contributed by atoms with E-state index >= 15 is 0 Å². The first-order chi connectivity index (χ1) is 12.5. The molecule has 1 aromatic carbocycles. The number of aryl methyl sites for hydroxylation is 1. The Kier molecular flexibility index (Phi) is 5.92. The number of carboxylic acids is 1. The lowest BCUT2D eigenvalue weighted by Crippen LogP contribution is -2.60. The van der Waals surface area contributed by atoms with E-state index in [1.165, 1.54) is 6.92 Å². The average Bonchev–Trinajstić information content (AvgIpc) is 2.58. The molecule has 0 atom stereocenters. The molecule has 27 heavy (non-hydrogen) atoms. The number of carbonyl (C=O) groups excluding carboxylic acids is 1. The molecule has 1 fully saturated rings. The van der Waals surface area contributed by atoms with Crippen LogP contribution in [0, 0.1) is 19.3 Å². The summed E-state index contributed by atoms with van der Waals surface area (Å²) < 4.78 is 46.5. The summed E-state index contributed by atoms with van der Waals surface area (Å²) in [5.74, 6) is -1.06. The third-order valence-corrected chi connectivity index (χ3v) is 4.49. The normalized spacial score (nSPS) is 16.3. The minimum Gasteiger partial charge on any atom is -0.479 e. The number of alkyl halides is 3. The molecule has 6 nitrogen and oxygen atoms in total. The van der Waals surface area contributed by atoms with Gasteiger partial charge in [0, 0.05) is 26.1 Å². The van der Waals surface area contributed by atoms with Gasteiger partial charge in [-0.25, -0.2) is 4.79 Å². The number of hydrogen-bond acceptors (Lipinski definition) is 4. The first kappa shape index (κ1) is 20.9. The van der Waals surface area contributed by atoms with Crippen molar-refractivity contribution in [2.75, 3.05) is 18.1 Å². The fourth-order valence-electron chi connectivity index (χ4n) is 2.93. The van der Waals surface area contributed by atoms with Crippen LogP contribution in [0.25, 0.3) is 0 Å². The number of ether oxygens (including phenoxy) is 2. The van der Waals surface area contributed by atoms with Crippen LogP contribution < -0.4 is 9.64 Å². The molecule has 0 bridgehead atoms. The van der Waals surface area contributed by atoms with Crippen molar-refractivity contribution in [2.45, 2.75) is 31.7 Å². The largest absolute Gasteiger partial charge is 0.573 e.